The summed E-state index contributed by atoms with van der Waals surface area (Å²) in [6.07, 6.45) is 12.6. The predicted octanol–water partition coefficient (Wildman–Crippen LogP) is 13.8. The minimum atomic E-state index is -1.35. The van der Waals surface area contributed by atoms with Crippen molar-refractivity contribution in [3.8, 4) is 33.6 Å². The lowest BCUT2D eigenvalue weighted by Gasteiger charge is -2.08. The van der Waals surface area contributed by atoms with Crippen LogP contribution in [0.25, 0.3) is 55.4 Å². The fourth-order valence-corrected chi connectivity index (χ4v) is 7.59. The first-order valence-corrected chi connectivity index (χ1v) is 22.3. The second kappa shape index (κ2) is 23.4. The molecular formula is C54H56BBrN2O2. The average Bonchev–Trinajstić information content (AvgIpc) is 3.30. The lowest BCUT2D eigenvalue weighted by Crippen LogP contribution is -2.29. The molecule has 0 saturated carbocycles. The zero-order valence-electron chi connectivity index (χ0n) is 35.0. The van der Waals surface area contributed by atoms with Crippen molar-refractivity contribution in [2.24, 2.45) is 0 Å². The summed E-state index contributed by atoms with van der Waals surface area (Å²) >= 11 is 3.48. The van der Waals surface area contributed by atoms with Crippen molar-refractivity contribution in [1.82, 2.24) is 9.97 Å². The quantitative estimate of drug-likeness (QED) is 0.0845. The van der Waals surface area contributed by atoms with E-state index in [0.29, 0.717) is 5.46 Å². The molecule has 2 heterocycles. The van der Waals surface area contributed by atoms with Crippen molar-refractivity contribution in [1.29, 1.82) is 0 Å². The molecule has 8 rings (SSSR count). The van der Waals surface area contributed by atoms with Crippen molar-refractivity contribution in [3.05, 3.63) is 185 Å². The molecule has 304 valence electrons. The van der Waals surface area contributed by atoms with Gasteiger partial charge in [0.05, 0.1) is 22.4 Å². The third kappa shape index (κ3) is 13.3. The Hall–Kier alpha value is -5.40. The highest BCUT2D eigenvalue weighted by molar-refractivity contribution is 9.10. The zero-order valence-corrected chi connectivity index (χ0v) is 36.6. The smallest absolute Gasteiger partial charge is 0.423 e. The molecule has 6 aromatic carbocycles. The molecule has 6 heteroatoms. The van der Waals surface area contributed by atoms with E-state index >= 15 is 0 Å². The van der Waals surface area contributed by atoms with E-state index in [1.54, 1.807) is 12.1 Å². The van der Waals surface area contributed by atoms with Crippen molar-refractivity contribution >= 4 is 50.3 Å². The van der Waals surface area contributed by atoms with Crippen molar-refractivity contribution in [3.63, 3.8) is 0 Å². The maximum Gasteiger partial charge on any atom is 0.488 e. The largest absolute Gasteiger partial charge is 0.488 e. The summed E-state index contributed by atoms with van der Waals surface area (Å²) in [5, 5.41) is 20.2. The van der Waals surface area contributed by atoms with E-state index < -0.39 is 7.12 Å². The van der Waals surface area contributed by atoms with Crippen molar-refractivity contribution in [2.45, 2.75) is 78.1 Å². The number of benzene rings is 6. The second-order valence-corrected chi connectivity index (χ2v) is 16.2. The Kier molecular flexibility index (Phi) is 17.2. The third-order valence-corrected chi connectivity index (χ3v) is 11.2. The fraction of sp³-hybridized carbons (Fsp3) is 0.222. The number of fused-ring (bicyclic) bond motifs is 2. The van der Waals surface area contributed by atoms with E-state index in [-0.39, 0.29) is 0 Å². The summed E-state index contributed by atoms with van der Waals surface area (Å²) in [7, 11) is -1.35. The molecule has 0 aliphatic heterocycles. The van der Waals surface area contributed by atoms with Gasteiger partial charge in [0.15, 0.2) is 0 Å². The van der Waals surface area contributed by atoms with Crippen LogP contribution < -0.4 is 5.46 Å². The predicted molar refractivity (Wildman–Crippen MR) is 259 cm³/mol. The van der Waals surface area contributed by atoms with Crippen molar-refractivity contribution in [2.75, 3.05) is 0 Å². The Morgan fingerprint density at radius 1 is 0.433 bits per heavy atom. The Labute approximate surface area is 365 Å². The second-order valence-electron chi connectivity index (χ2n) is 15.3. The number of nitrogens with zero attached hydrogens (tertiary/aromatic N) is 2. The van der Waals surface area contributed by atoms with Gasteiger partial charge in [0, 0.05) is 26.4 Å². The molecule has 8 aromatic rings. The number of halogens is 1. The normalized spacial score (nSPS) is 10.8. The molecule has 2 aromatic heterocycles. The highest BCUT2D eigenvalue weighted by Crippen LogP contribution is 2.28. The highest BCUT2D eigenvalue weighted by atomic mass is 79.9. The molecule has 0 unspecified atom stereocenters. The molecule has 2 N–H and O–H groups in total. The van der Waals surface area contributed by atoms with Crippen LogP contribution in [0.4, 0.5) is 0 Å². The van der Waals surface area contributed by atoms with Gasteiger partial charge in [0.2, 0.25) is 0 Å². The molecule has 0 fully saturated rings. The van der Waals surface area contributed by atoms with E-state index in [4.69, 9.17) is 15.0 Å². The topological polar surface area (TPSA) is 66.2 Å². The number of para-hydroxylation sites is 2. The van der Waals surface area contributed by atoms with Gasteiger partial charge >= 0.3 is 7.12 Å². The summed E-state index contributed by atoms with van der Waals surface area (Å²) < 4.78 is 1.07. The number of hydrogen-bond acceptors (Lipinski definition) is 4. The van der Waals surface area contributed by atoms with E-state index in [2.05, 4.69) is 144 Å². The first-order chi connectivity index (χ1) is 29.4. The number of aryl methyl sites for hydroxylation is 2. The van der Waals surface area contributed by atoms with E-state index in [9.17, 15) is 0 Å². The van der Waals surface area contributed by atoms with Crippen molar-refractivity contribution < 1.29 is 10.0 Å². The molecule has 0 radical (unpaired) electrons. The molecule has 4 nitrogen and oxygen atoms in total. The number of unbranched alkanes of at least 4 members (excludes halogenated alkanes) is 6. The first-order valence-electron chi connectivity index (χ1n) is 21.5. The molecule has 0 amide bonds. The molecule has 60 heavy (non-hydrogen) atoms. The number of rotatable bonds is 14. The Morgan fingerprint density at radius 2 is 0.917 bits per heavy atom. The van der Waals surface area contributed by atoms with Gasteiger partial charge in [-0.15, -0.1) is 0 Å². The lowest BCUT2D eigenvalue weighted by molar-refractivity contribution is 0.426. The van der Waals surface area contributed by atoms with Crippen LogP contribution in [0.5, 0.6) is 0 Å². The molecule has 0 spiro atoms. The van der Waals surface area contributed by atoms with E-state index in [1.807, 2.05) is 48.5 Å². The summed E-state index contributed by atoms with van der Waals surface area (Å²) in [5.41, 5.74) is 12.2. The maximum atomic E-state index is 8.92. The lowest BCUT2D eigenvalue weighted by atomic mass is 9.80. The van der Waals surface area contributed by atoms with Crippen LogP contribution in [-0.4, -0.2) is 27.1 Å². The van der Waals surface area contributed by atoms with Gasteiger partial charge in [-0.3, -0.25) is 0 Å². The van der Waals surface area contributed by atoms with Crippen LogP contribution in [-0.2, 0) is 12.8 Å². The van der Waals surface area contributed by atoms with Crippen LogP contribution in [0.3, 0.4) is 0 Å². The van der Waals surface area contributed by atoms with Gasteiger partial charge in [0.25, 0.3) is 0 Å². The van der Waals surface area contributed by atoms with Gasteiger partial charge < -0.3 is 10.0 Å². The van der Waals surface area contributed by atoms with Gasteiger partial charge in [-0.1, -0.05) is 196 Å². The zero-order chi connectivity index (χ0) is 41.9. The van der Waals surface area contributed by atoms with Gasteiger partial charge in [-0.05, 0) is 95.9 Å². The SMILES string of the molecule is Brc1cccc(-c2ccc3ccccc3n2)c1.CCCCCCc1ccc(-c2cccc(-c3ccc4ccccc4n3)c2)cc1.CCCCCCc1ccc(B(O)O)cc1. The van der Waals surface area contributed by atoms with Gasteiger partial charge in [-0.25, -0.2) is 9.97 Å². The highest BCUT2D eigenvalue weighted by Gasteiger charge is 2.09. The number of pyridine rings is 2. The Morgan fingerprint density at radius 3 is 1.43 bits per heavy atom. The van der Waals surface area contributed by atoms with Crippen LogP contribution in [0.1, 0.15) is 76.3 Å². The standard InChI is InChI=1S/C27H27N.C15H10BrN.C12H19BO2/c1-2-3-4-5-9-21-14-16-22(17-15-21)24-11-8-12-25(20-24)27-19-18-23-10-6-7-13-26(23)28-27;16-13-6-3-5-12(10-13)15-9-8-11-4-1-2-7-14(11)17-15;1-2-3-4-5-6-11-7-9-12(10-8-11)13(14)15/h6-8,10-20H,2-5,9H2,1H3;1-10H;7-10,14-15H,2-6H2,1H3. The Bertz CT molecular complexity index is 2520. The van der Waals surface area contributed by atoms with Crippen LogP contribution >= 0.6 is 15.9 Å². The molecule has 0 aliphatic carbocycles. The minimum absolute atomic E-state index is 0.562. The monoisotopic (exact) mass is 854 g/mol. The van der Waals surface area contributed by atoms with Gasteiger partial charge in [0.1, 0.15) is 0 Å². The average molecular weight is 856 g/mol. The molecule has 0 bridgehead atoms. The van der Waals surface area contributed by atoms with E-state index in [1.165, 1.54) is 90.8 Å². The molecule has 0 aliphatic rings. The van der Waals surface area contributed by atoms with Crippen LogP contribution in [0, 0.1) is 0 Å². The fourth-order valence-electron chi connectivity index (χ4n) is 7.19. The first kappa shape index (κ1) is 44.2. The molecule has 0 saturated heterocycles. The molecular weight excluding hydrogens is 799 g/mol. The van der Waals surface area contributed by atoms with Crippen LogP contribution in [0.15, 0.2) is 174 Å². The maximum absolute atomic E-state index is 8.92. The summed E-state index contributed by atoms with van der Waals surface area (Å²) in [6, 6.07) is 58.3. The number of hydrogen-bond donors (Lipinski definition) is 2. The third-order valence-electron chi connectivity index (χ3n) is 10.7. The molecule has 0 atom stereocenters. The minimum Gasteiger partial charge on any atom is -0.423 e. The Balaban J connectivity index is 0.000000162. The summed E-state index contributed by atoms with van der Waals surface area (Å²) in [4.78, 5) is 9.51. The number of aromatic nitrogens is 2. The summed E-state index contributed by atoms with van der Waals surface area (Å²) in [5.74, 6) is 0. The van der Waals surface area contributed by atoms with Gasteiger partial charge in [-0.2, -0.15) is 0 Å². The van der Waals surface area contributed by atoms with E-state index in [0.717, 1.165) is 44.4 Å². The summed E-state index contributed by atoms with van der Waals surface area (Å²) in [6.45, 7) is 4.47. The van der Waals surface area contributed by atoms with Crippen LogP contribution in [0.2, 0.25) is 0 Å².